The molecule has 23 heavy (non-hydrogen) atoms. The zero-order valence-electron chi connectivity index (χ0n) is 13.4. The number of piperidine rings is 1. The van der Waals surface area contributed by atoms with Crippen LogP contribution >= 0.6 is 11.6 Å². The summed E-state index contributed by atoms with van der Waals surface area (Å²) in [6.45, 7) is 1.94. The number of hydrogen-bond acceptors (Lipinski definition) is 4. The lowest BCUT2D eigenvalue weighted by molar-refractivity contribution is 0.235. The van der Waals surface area contributed by atoms with E-state index >= 15 is 0 Å². The Morgan fingerprint density at radius 3 is 2.70 bits per heavy atom. The second-order valence-corrected chi connectivity index (χ2v) is 6.58. The Hall–Kier alpha value is -1.85. The second-order valence-electron chi connectivity index (χ2n) is 6.21. The smallest absolute Gasteiger partial charge is 0.287 e. The summed E-state index contributed by atoms with van der Waals surface area (Å²) >= 11 is 6.16. The lowest BCUT2D eigenvalue weighted by Crippen LogP contribution is -2.43. The quantitative estimate of drug-likeness (QED) is 0.937. The predicted molar refractivity (Wildman–Crippen MR) is 93.2 cm³/mol. The molecule has 0 radical (unpaired) electrons. The van der Waals surface area contributed by atoms with Gasteiger partial charge in [0.1, 0.15) is 5.02 Å². The largest absolute Gasteiger partial charge is 0.378 e. The summed E-state index contributed by atoms with van der Waals surface area (Å²) < 4.78 is 1.24. The van der Waals surface area contributed by atoms with Gasteiger partial charge in [-0.1, -0.05) is 41.9 Å². The van der Waals surface area contributed by atoms with Crippen LogP contribution in [0.4, 0.5) is 5.69 Å². The fourth-order valence-electron chi connectivity index (χ4n) is 3.22. The van der Waals surface area contributed by atoms with E-state index in [-0.39, 0.29) is 16.6 Å². The molecular weight excluding hydrogens is 312 g/mol. The van der Waals surface area contributed by atoms with Crippen molar-refractivity contribution in [1.82, 2.24) is 14.7 Å². The van der Waals surface area contributed by atoms with Gasteiger partial charge in [0.25, 0.3) is 5.56 Å². The van der Waals surface area contributed by atoms with Gasteiger partial charge >= 0.3 is 0 Å². The van der Waals surface area contributed by atoms with Crippen molar-refractivity contribution in [2.24, 2.45) is 7.05 Å². The average molecular weight is 333 g/mol. The molecule has 1 N–H and O–H groups in total. The molecule has 0 aliphatic carbocycles. The molecule has 1 aliphatic heterocycles. The fourth-order valence-corrected chi connectivity index (χ4v) is 3.45. The minimum atomic E-state index is -0.277. The van der Waals surface area contributed by atoms with Gasteiger partial charge in [-0.05, 0) is 24.9 Å². The van der Waals surface area contributed by atoms with Crippen LogP contribution in [0.25, 0.3) is 0 Å². The number of rotatable bonds is 3. The zero-order chi connectivity index (χ0) is 16.4. The Bertz CT molecular complexity index is 731. The van der Waals surface area contributed by atoms with Gasteiger partial charge in [0.15, 0.2) is 0 Å². The van der Waals surface area contributed by atoms with Crippen LogP contribution in [0.1, 0.15) is 17.9 Å². The fraction of sp³-hybridized carbons (Fsp3) is 0.412. The van der Waals surface area contributed by atoms with Gasteiger partial charge in [-0.2, -0.15) is 5.10 Å². The van der Waals surface area contributed by atoms with Crippen LogP contribution in [0.15, 0.2) is 41.3 Å². The normalized spacial score (nSPS) is 22.0. The Kier molecular flexibility index (Phi) is 4.68. The molecule has 2 aromatic rings. The Morgan fingerprint density at radius 1 is 1.22 bits per heavy atom. The highest BCUT2D eigenvalue weighted by molar-refractivity contribution is 6.32. The molecule has 0 saturated carbocycles. The van der Waals surface area contributed by atoms with Gasteiger partial charge in [-0.25, -0.2) is 4.68 Å². The molecule has 2 unspecified atom stereocenters. The van der Waals surface area contributed by atoms with E-state index in [1.807, 2.05) is 6.07 Å². The summed E-state index contributed by atoms with van der Waals surface area (Å²) in [7, 11) is 3.71. The highest BCUT2D eigenvalue weighted by Crippen LogP contribution is 2.28. The van der Waals surface area contributed by atoms with Crippen molar-refractivity contribution in [2.75, 3.05) is 25.5 Å². The first kappa shape index (κ1) is 16.0. The molecule has 1 aromatic carbocycles. The summed E-state index contributed by atoms with van der Waals surface area (Å²) in [4.78, 5) is 14.2. The summed E-state index contributed by atoms with van der Waals surface area (Å²) in [6.07, 6.45) is 2.62. The number of nitrogens with zero attached hydrogens (tertiary/aromatic N) is 3. The van der Waals surface area contributed by atoms with E-state index in [9.17, 15) is 4.79 Å². The Labute approximate surface area is 140 Å². The van der Waals surface area contributed by atoms with Crippen molar-refractivity contribution in [3.8, 4) is 0 Å². The molecule has 5 nitrogen and oxygen atoms in total. The van der Waals surface area contributed by atoms with E-state index in [0.29, 0.717) is 11.6 Å². The predicted octanol–water partition coefficient (Wildman–Crippen LogP) is 2.33. The first-order chi connectivity index (χ1) is 11.0. The van der Waals surface area contributed by atoms with E-state index in [0.717, 1.165) is 19.5 Å². The summed E-state index contributed by atoms with van der Waals surface area (Å²) in [5, 5.41) is 7.64. The number of benzene rings is 1. The molecule has 0 spiro atoms. The lowest BCUT2D eigenvalue weighted by atomic mass is 9.88. The third kappa shape index (κ3) is 3.57. The van der Waals surface area contributed by atoms with E-state index < -0.39 is 0 Å². The molecule has 1 aliphatic rings. The third-order valence-electron chi connectivity index (χ3n) is 4.34. The number of aryl methyl sites for hydroxylation is 1. The van der Waals surface area contributed by atoms with Crippen LogP contribution in [-0.2, 0) is 7.05 Å². The molecule has 2 heterocycles. The number of aromatic nitrogens is 2. The molecule has 2 atom stereocenters. The van der Waals surface area contributed by atoms with Crippen molar-refractivity contribution in [3.63, 3.8) is 0 Å². The number of nitrogens with one attached hydrogen (secondary N) is 1. The lowest BCUT2D eigenvalue weighted by Gasteiger charge is -2.36. The van der Waals surface area contributed by atoms with E-state index in [2.05, 4.69) is 46.6 Å². The van der Waals surface area contributed by atoms with E-state index in [1.54, 1.807) is 13.2 Å². The maximum Gasteiger partial charge on any atom is 0.287 e. The third-order valence-corrected chi connectivity index (χ3v) is 4.71. The molecule has 1 fully saturated rings. The summed E-state index contributed by atoms with van der Waals surface area (Å²) in [5.41, 5.74) is 1.68. The Morgan fingerprint density at radius 2 is 1.96 bits per heavy atom. The van der Waals surface area contributed by atoms with Crippen LogP contribution in [0.3, 0.4) is 0 Å². The average Bonchev–Trinajstić information content (AvgIpc) is 2.56. The number of likely N-dealkylation sites (tertiary alicyclic amines) is 1. The number of hydrogen-bond donors (Lipinski definition) is 1. The van der Waals surface area contributed by atoms with Gasteiger partial charge in [0.05, 0.1) is 11.9 Å². The molecular formula is C17H21ClN4O. The zero-order valence-corrected chi connectivity index (χ0v) is 14.1. The monoisotopic (exact) mass is 332 g/mol. The molecule has 1 saturated heterocycles. The topological polar surface area (TPSA) is 50.2 Å². The first-order valence-electron chi connectivity index (χ1n) is 7.76. The van der Waals surface area contributed by atoms with Crippen molar-refractivity contribution in [3.05, 3.63) is 57.5 Å². The molecule has 6 heteroatoms. The van der Waals surface area contributed by atoms with Crippen molar-refractivity contribution < 1.29 is 0 Å². The minimum Gasteiger partial charge on any atom is -0.378 e. The summed E-state index contributed by atoms with van der Waals surface area (Å²) in [6, 6.07) is 10.8. The van der Waals surface area contributed by atoms with Crippen LogP contribution in [0.2, 0.25) is 5.02 Å². The molecule has 1 aromatic heterocycles. The summed E-state index contributed by atoms with van der Waals surface area (Å²) in [5.74, 6) is 0.464. The van der Waals surface area contributed by atoms with Gasteiger partial charge in [-0.15, -0.1) is 0 Å². The van der Waals surface area contributed by atoms with Crippen molar-refractivity contribution >= 4 is 17.3 Å². The van der Waals surface area contributed by atoms with Crippen molar-refractivity contribution in [2.45, 2.75) is 18.4 Å². The number of halogens is 1. The highest BCUT2D eigenvalue weighted by Gasteiger charge is 2.27. The van der Waals surface area contributed by atoms with E-state index in [1.165, 1.54) is 10.2 Å². The number of anilines is 1. The maximum atomic E-state index is 11.9. The Balaban J connectivity index is 1.78. The van der Waals surface area contributed by atoms with Crippen LogP contribution < -0.4 is 10.9 Å². The van der Waals surface area contributed by atoms with Gasteiger partial charge in [-0.3, -0.25) is 4.79 Å². The first-order valence-corrected chi connectivity index (χ1v) is 8.14. The molecule has 3 rings (SSSR count). The molecule has 0 bridgehead atoms. The van der Waals surface area contributed by atoms with Gasteiger partial charge in [0.2, 0.25) is 0 Å². The SMILES string of the molecule is CN1CC(Nc2cnn(C)c(=O)c2Cl)CC(c2ccccc2)C1. The standard InChI is InChI=1S/C17H21ClN4O/c1-21-10-13(12-6-4-3-5-7-12)8-14(11-21)20-15-9-19-22(2)17(23)16(15)18/h3-7,9,13-14,20H,8,10-11H2,1-2H3. The number of likely N-dealkylation sites (N-methyl/N-ethyl adjacent to an activating group) is 1. The molecule has 0 amide bonds. The highest BCUT2D eigenvalue weighted by atomic mass is 35.5. The second kappa shape index (κ2) is 6.72. The van der Waals surface area contributed by atoms with Crippen LogP contribution in [-0.4, -0.2) is 40.9 Å². The maximum absolute atomic E-state index is 11.9. The van der Waals surface area contributed by atoms with Gasteiger partial charge in [0, 0.05) is 26.2 Å². The molecule has 122 valence electrons. The van der Waals surface area contributed by atoms with Crippen molar-refractivity contribution in [1.29, 1.82) is 0 Å². The van der Waals surface area contributed by atoms with E-state index in [4.69, 9.17) is 11.6 Å². The van der Waals surface area contributed by atoms with Crippen LogP contribution in [0.5, 0.6) is 0 Å². The van der Waals surface area contributed by atoms with Gasteiger partial charge < -0.3 is 10.2 Å². The van der Waals surface area contributed by atoms with Crippen LogP contribution in [0, 0.1) is 0 Å². The minimum absolute atomic E-state index is 0.201.